The Hall–Kier alpha value is -1.69. The highest BCUT2D eigenvalue weighted by Gasteiger charge is 2.16. The number of hydrogen-bond acceptors (Lipinski definition) is 3. The molecule has 0 saturated carbocycles. The summed E-state index contributed by atoms with van der Waals surface area (Å²) in [6.07, 6.45) is 1.72. The van der Waals surface area contributed by atoms with Crippen molar-refractivity contribution in [3.8, 4) is 17.6 Å². The summed E-state index contributed by atoms with van der Waals surface area (Å²) in [5.74, 6) is 1.68. The SMILES string of the molecule is CCCOc1ccc(OCCC(C)(C)C#N)cc1. The van der Waals surface area contributed by atoms with E-state index < -0.39 is 0 Å². The average molecular weight is 247 g/mol. The minimum absolute atomic E-state index is 0.329. The molecule has 0 aliphatic heterocycles. The Labute approximate surface area is 109 Å². The molecule has 1 aromatic rings. The standard InChI is InChI=1S/C15H21NO2/c1-4-10-17-13-5-7-14(8-6-13)18-11-9-15(2,3)12-16/h5-8H,4,9-11H2,1-3H3. The van der Waals surface area contributed by atoms with E-state index in [2.05, 4.69) is 13.0 Å². The molecule has 3 nitrogen and oxygen atoms in total. The van der Waals surface area contributed by atoms with Crippen LogP contribution in [0, 0.1) is 16.7 Å². The number of benzene rings is 1. The molecule has 0 aliphatic rings. The molecule has 0 amide bonds. The third-order valence-corrected chi connectivity index (χ3v) is 2.60. The number of hydrogen-bond donors (Lipinski definition) is 0. The highest BCUT2D eigenvalue weighted by molar-refractivity contribution is 5.31. The van der Waals surface area contributed by atoms with Crippen LogP contribution in [0.3, 0.4) is 0 Å². The van der Waals surface area contributed by atoms with Crippen molar-refractivity contribution in [1.82, 2.24) is 0 Å². The molecule has 0 saturated heterocycles. The second kappa shape index (κ2) is 6.90. The van der Waals surface area contributed by atoms with Crippen molar-refractivity contribution in [2.24, 2.45) is 5.41 Å². The van der Waals surface area contributed by atoms with Gasteiger partial charge in [-0.1, -0.05) is 6.92 Å². The van der Waals surface area contributed by atoms with Crippen molar-refractivity contribution in [2.75, 3.05) is 13.2 Å². The molecule has 0 aromatic heterocycles. The highest BCUT2D eigenvalue weighted by Crippen LogP contribution is 2.21. The predicted molar refractivity (Wildman–Crippen MR) is 71.7 cm³/mol. The molecule has 0 spiro atoms. The van der Waals surface area contributed by atoms with E-state index in [0.717, 1.165) is 30.9 Å². The average Bonchev–Trinajstić information content (AvgIpc) is 2.38. The van der Waals surface area contributed by atoms with Gasteiger partial charge >= 0.3 is 0 Å². The van der Waals surface area contributed by atoms with E-state index in [1.165, 1.54) is 0 Å². The topological polar surface area (TPSA) is 42.2 Å². The molecule has 18 heavy (non-hydrogen) atoms. The van der Waals surface area contributed by atoms with Crippen LogP contribution >= 0.6 is 0 Å². The Morgan fingerprint density at radius 3 is 2.00 bits per heavy atom. The van der Waals surface area contributed by atoms with Crippen molar-refractivity contribution in [2.45, 2.75) is 33.6 Å². The predicted octanol–water partition coefficient (Wildman–Crippen LogP) is 3.79. The molecule has 0 bridgehead atoms. The van der Waals surface area contributed by atoms with Crippen molar-refractivity contribution < 1.29 is 9.47 Å². The van der Waals surface area contributed by atoms with Gasteiger partial charge in [-0.3, -0.25) is 0 Å². The maximum Gasteiger partial charge on any atom is 0.119 e. The Morgan fingerprint density at radius 2 is 1.56 bits per heavy atom. The van der Waals surface area contributed by atoms with E-state index in [0.29, 0.717) is 6.61 Å². The van der Waals surface area contributed by atoms with Crippen molar-refractivity contribution >= 4 is 0 Å². The van der Waals surface area contributed by atoms with Gasteiger partial charge in [0.05, 0.1) is 24.7 Å². The summed E-state index contributed by atoms with van der Waals surface area (Å²) in [4.78, 5) is 0. The van der Waals surface area contributed by atoms with Crippen molar-refractivity contribution in [3.63, 3.8) is 0 Å². The Bertz CT molecular complexity index is 390. The van der Waals surface area contributed by atoms with Gasteiger partial charge < -0.3 is 9.47 Å². The summed E-state index contributed by atoms with van der Waals surface area (Å²) in [6, 6.07) is 9.85. The van der Waals surface area contributed by atoms with Crippen LogP contribution in [-0.4, -0.2) is 13.2 Å². The molecule has 98 valence electrons. The van der Waals surface area contributed by atoms with Crippen molar-refractivity contribution in [1.29, 1.82) is 5.26 Å². The molecule has 1 rings (SSSR count). The van der Waals surface area contributed by atoms with E-state index in [4.69, 9.17) is 14.7 Å². The molecule has 0 radical (unpaired) electrons. The van der Waals surface area contributed by atoms with Gasteiger partial charge in [-0.25, -0.2) is 0 Å². The molecule has 0 aliphatic carbocycles. The van der Waals surface area contributed by atoms with Gasteiger partial charge in [0, 0.05) is 0 Å². The van der Waals surface area contributed by atoms with E-state index >= 15 is 0 Å². The summed E-state index contributed by atoms with van der Waals surface area (Å²) >= 11 is 0. The molecule has 0 heterocycles. The molecule has 3 heteroatoms. The van der Waals surface area contributed by atoms with Gasteiger partial charge in [0.15, 0.2) is 0 Å². The molecule has 0 unspecified atom stereocenters. The van der Waals surface area contributed by atoms with Crippen LogP contribution in [-0.2, 0) is 0 Å². The fourth-order valence-electron chi connectivity index (χ4n) is 1.33. The number of rotatable bonds is 7. The summed E-state index contributed by atoms with van der Waals surface area (Å²) in [6.45, 7) is 7.19. The lowest BCUT2D eigenvalue weighted by Crippen LogP contribution is -2.13. The van der Waals surface area contributed by atoms with Crippen LogP contribution in [0.15, 0.2) is 24.3 Å². The molecular weight excluding hydrogens is 226 g/mol. The Kier molecular flexibility index (Phi) is 5.51. The summed E-state index contributed by atoms with van der Waals surface area (Å²) < 4.78 is 11.1. The molecule has 0 N–H and O–H groups in total. The van der Waals surface area contributed by atoms with E-state index in [-0.39, 0.29) is 5.41 Å². The molecule has 1 aromatic carbocycles. The first-order valence-electron chi connectivity index (χ1n) is 6.34. The van der Waals surface area contributed by atoms with Gasteiger partial charge in [0.25, 0.3) is 0 Å². The molecular formula is C15H21NO2. The highest BCUT2D eigenvalue weighted by atomic mass is 16.5. The zero-order valence-electron chi connectivity index (χ0n) is 11.4. The minimum Gasteiger partial charge on any atom is -0.494 e. The normalized spacial score (nSPS) is 10.8. The van der Waals surface area contributed by atoms with Gasteiger partial charge in [-0.2, -0.15) is 5.26 Å². The van der Waals surface area contributed by atoms with Crippen LogP contribution in [0.4, 0.5) is 0 Å². The van der Waals surface area contributed by atoms with Crippen molar-refractivity contribution in [3.05, 3.63) is 24.3 Å². The number of nitrogens with zero attached hydrogens (tertiary/aromatic N) is 1. The quantitative estimate of drug-likeness (QED) is 0.736. The lowest BCUT2D eigenvalue weighted by Gasteiger charge is -2.15. The molecule has 0 atom stereocenters. The molecule has 0 fully saturated rings. The smallest absolute Gasteiger partial charge is 0.119 e. The maximum atomic E-state index is 8.89. The van der Waals surface area contributed by atoms with Crippen LogP contribution < -0.4 is 9.47 Å². The van der Waals surface area contributed by atoms with E-state index in [1.807, 2.05) is 38.1 Å². The van der Waals surface area contributed by atoms with Crippen LogP contribution in [0.1, 0.15) is 33.6 Å². The Morgan fingerprint density at radius 1 is 1.06 bits per heavy atom. The van der Waals surface area contributed by atoms with E-state index in [9.17, 15) is 0 Å². The first kappa shape index (κ1) is 14.4. The lowest BCUT2D eigenvalue weighted by atomic mass is 9.92. The lowest BCUT2D eigenvalue weighted by molar-refractivity contribution is 0.263. The van der Waals surface area contributed by atoms with Gasteiger partial charge in [-0.05, 0) is 51.0 Å². The van der Waals surface area contributed by atoms with E-state index in [1.54, 1.807) is 0 Å². The van der Waals surface area contributed by atoms with Gasteiger partial charge in [0.1, 0.15) is 11.5 Å². The second-order valence-electron chi connectivity index (χ2n) is 4.91. The van der Waals surface area contributed by atoms with Crippen LogP contribution in [0.25, 0.3) is 0 Å². The summed E-state index contributed by atoms with van der Waals surface area (Å²) in [5.41, 5.74) is -0.329. The number of nitriles is 1. The Balaban J connectivity index is 2.38. The first-order valence-corrected chi connectivity index (χ1v) is 6.34. The summed E-state index contributed by atoms with van der Waals surface area (Å²) in [7, 11) is 0. The van der Waals surface area contributed by atoms with Crippen LogP contribution in [0.5, 0.6) is 11.5 Å². The fourth-order valence-corrected chi connectivity index (χ4v) is 1.33. The third-order valence-electron chi connectivity index (χ3n) is 2.60. The van der Waals surface area contributed by atoms with Crippen LogP contribution in [0.2, 0.25) is 0 Å². The monoisotopic (exact) mass is 247 g/mol. The number of ether oxygens (including phenoxy) is 2. The van der Waals surface area contributed by atoms with Gasteiger partial charge in [-0.15, -0.1) is 0 Å². The van der Waals surface area contributed by atoms with Gasteiger partial charge in [0.2, 0.25) is 0 Å². The fraction of sp³-hybridized carbons (Fsp3) is 0.533. The largest absolute Gasteiger partial charge is 0.494 e. The zero-order chi connectivity index (χ0) is 13.4. The third kappa shape index (κ3) is 5.09. The second-order valence-corrected chi connectivity index (χ2v) is 4.91. The minimum atomic E-state index is -0.329. The maximum absolute atomic E-state index is 8.89. The summed E-state index contributed by atoms with van der Waals surface area (Å²) in [5, 5.41) is 8.89. The first-order chi connectivity index (χ1) is 8.57. The zero-order valence-corrected chi connectivity index (χ0v) is 11.4.